The SMILES string of the molecule is CC(C)NC(=O)C1COCCN1Cc1cc(C(=O)O)no1. The Balaban J connectivity index is 2.04. The maximum Gasteiger partial charge on any atom is 0.358 e. The summed E-state index contributed by atoms with van der Waals surface area (Å²) in [6, 6.07) is 1.000. The van der Waals surface area contributed by atoms with Crippen molar-refractivity contribution in [2.45, 2.75) is 32.5 Å². The van der Waals surface area contributed by atoms with E-state index in [-0.39, 0.29) is 17.6 Å². The summed E-state index contributed by atoms with van der Waals surface area (Å²) >= 11 is 0. The molecule has 2 N–H and O–H groups in total. The molecule has 1 aliphatic heterocycles. The molecule has 1 aliphatic rings. The van der Waals surface area contributed by atoms with Crippen LogP contribution in [-0.4, -0.2) is 58.9 Å². The molecule has 8 heteroatoms. The predicted octanol–water partition coefficient (Wildman–Crippen LogP) is 0.0982. The maximum absolute atomic E-state index is 12.1. The van der Waals surface area contributed by atoms with Gasteiger partial charge in [0.05, 0.1) is 19.8 Å². The van der Waals surface area contributed by atoms with Crippen LogP contribution in [0.5, 0.6) is 0 Å². The molecule has 8 nitrogen and oxygen atoms in total. The highest BCUT2D eigenvalue weighted by molar-refractivity contribution is 5.85. The van der Waals surface area contributed by atoms with Crippen molar-refractivity contribution in [2.75, 3.05) is 19.8 Å². The summed E-state index contributed by atoms with van der Waals surface area (Å²) in [6.07, 6.45) is 0. The van der Waals surface area contributed by atoms with Crippen LogP contribution in [0, 0.1) is 0 Å². The molecule has 21 heavy (non-hydrogen) atoms. The highest BCUT2D eigenvalue weighted by Crippen LogP contribution is 2.14. The number of carbonyl (C=O) groups excluding carboxylic acids is 1. The molecule has 0 radical (unpaired) electrons. The Morgan fingerprint density at radius 3 is 2.95 bits per heavy atom. The number of nitrogens with zero attached hydrogens (tertiary/aromatic N) is 2. The molecule has 2 rings (SSSR count). The van der Waals surface area contributed by atoms with E-state index in [1.54, 1.807) is 0 Å². The quantitative estimate of drug-likeness (QED) is 0.794. The average Bonchev–Trinajstić information content (AvgIpc) is 2.87. The molecule has 2 heterocycles. The molecular formula is C13H19N3O5. The molecular weight excluding hydrogens is 278 g/mol. The number of carboxylic acids is 1. The third-order valence-electron chi connectivity index (χ3n) is 3.11. The van der Waals surface area contributed by atoms with Crippen molar-refractivity contribution in [3.8, 4) is 0 Å². The number of aromatic nitrogens is 1. The minimum absolute atomic E-state index is 0.0465. The van der Waals surface area contributed by atoms with E-state index in [2.05, 4.69) is 10.5 Å². The third kappa shape index (κ3) is 4.02. The number of hydrogen-bond acceptors (Lipinski definition) is 6. The largest absolute Gasteiger partial charge is 0.476 e. The molecule has 116 valence electrons. The molecule has 1 unspecified atom stereocenters. The second-order valence-corrected chi connectivity index (χ2v) is 5.21. The number of amides is 1. The normalized spacial score (nSPS) is 19.7. The summed E-state index contributed by atoms with van der Waals surface area (Å²) in [6.45, 7) is 5.49. The van der Waals surface area contributed by atoms with Crippen LogP contribution in [-0.2, 0) is 16.1 Å². The second kappa shape index (κ2) is 6.68. The first-order chi connectivity index (χ1) is 9.97. The Morgan fingerprint density at radius 1 is 1.57 bits per heavy atom. The molecule has 0 saturated carbocycles. The third-order valence-corrected chi connectivity index (χ3v) is 3.11. The Morgan fingerprint density at radius 2 is 2.33 bits per heavy atom. The molecule has 1 aromatic heterocycles. The van der Waals surface area contributed by atoms with Gasteiger partial charge in [-0.2, -0.15) is 0 Å². The Bertz CT molecular complexity index is 514. The summed E-state index contributed by atoms with van der Waals surface area (Å²) in [7, 11) is 0. The van der Waals surface area contributed by atoms with Gasteiger partial charge >= 0.3 is 5.97 Å². The van der Waals surface area contributed by atoms with E-state index in [9.17, 15) is 9.59 Å². The van der Waals surface area contributed by atoms with Gasteiger partial charge in [-0.1, -0.05) is 5.16 Å². The summed E-state index contributed by atoms with van der Waals surface area (Å²) in [5.74, 6) is -0.833. The predicted molar refractivity (Wildman–Crippen MR) is 71.8 cm³/mol. The first kappa shape index (κ1) is 15.5. The van der Waals surface area contributed by atoms with Crippen LogP contribution < -0.4 is 5.32 Å². The highest BCUT2D eigenvalue weighted by atomic mass is 16.5. The summed E-state index contributed by atoms with van der Waals surface area (Å²) in [4.78, 5) is 24.8. The van der Waals surface area contributed by atoms with Gasteiger partial charge in [0.15, 0.2) is 11.5 Å². The zero-order valence-corrected chi connectivity index (χ0v) is 12.0. The van der Waals surface area contributed by atoms with Crippen molar-refractivity contribution >= 4 is 11.9 Å². The van der Waals surface area contributed by atoms with Crippen molar-refractivity contribution in [3.63, 3.8) is 0 Å². The van der Waals surface area contributed by atoms with E-state index >= 15 is 0 Å². The maximum atomic E-state index is 12.1. The summed E-state index contributed by atoms with van der Waals surface area (Å²) in [5, 5.41) is 15.1. The lowest BCUT2D eigenvalue weighted by Crippen LogP contribution is -2.54. The number of morpholine rings is 1. The molecule has 1 atom stereocenters. The second-order valence-electron chi connectivity index (χ2n) is 5.21. The van der Waals surface area contributed by atoms with Crippen molar-refractivity contribution < 1.29 is 24.0 Å². The topological polar surface area (TPSA) is 105 Å². The molecule has 1 fully saturated rings. The van der Waals surface area contributed by atoms with E-state index in [0.717, 1.165) is 0 Å². The van der Waals surface area contributed by atoms with Gasteiger partial charge in [-0.15, -0.1) is 0 Å². The van der Waals surface area contributed by atoms with E-state index in [0.29, 0.717) is 32.1 Å². The molecule has 0 aromatic carbocycles. The first-order valence-electron chi connectivity index (χ1n) is 6.78. The molecule has 0 spiro atoms. The van der Waals surface area contributed by atoms with Gasteiger partial charge in [-0.05, 0) is 13.8 Å². The van der Waals surface area contributed by atoms with Crippen molar-refractivity contribution in [2.24, 2.45) is 0 Å². The first-order valence-corrected chi connectivity index (χ1v) is 6.78. The van der Waals surface area contributed by atoms with Gasteiger partial charge in [-0.25, -0.2) is 4.79 Å². The lowest BCUT2D eigenvalue weighted by molar-refractivity contribution is -0.133. The molecule has 0 bridgehead atoms. The van der Waals surface area contributed by atoms with Crippen LogP contribution in [0.15, 0.2) is 10.6 Å². The zero-order valence-electron chi connectivity index (χ0n) is 12.0. The summed E-state index contributed by atoms with van der Waals surface area (Å²) < 4.78 is 10.3. The molecule has 0 aliphatic carbocycles. The van der Waals surface area contributed by atoms with Gasteiger partial charge in [0.2, 0.25) is 5.91 Å². The fraction of sp³-hybridized carbons (Fsp3) is 0.615. The fourth-order valence-corrected chi connectivity index (χ4v) is 2.14. The smallest absolute Gasteiger partial charge is 0.358 e. The van der Waals surface area contributed by atoms with E-state index in [4.69, 9.17) is 14.4 Å². The lowest BCUT2D eigenvalue weighted by atomic mass is 10.2. The molecule has 1 saturated heterocycles. The number of carboxylic acid groups (broad SMARTS) is 1. The van der Waals surface area contributed by atoms with Crippen LogP contribution in [0.2, 0.25) is 0 Å². The number of aromatic carboxylic acids is 1. The standard InChI is InChI=1S/C13H19N3O5/c1-8(2)14-12(17)11-7-20-4-3-16(11)6-9-5-10(13(18)19)15-21-9/h5,8,11H,3-4,6-7H2,1-2H3,(H,14,17)(H,18,19). The zero-order chi connectivity index (χ0) is 15.4. The van der Waals surface area contributed by atoms with Crippen molar-refractivity contribution in [1.29, 1.82) is 0 Å². The Hall–Kier alpha value is -1.93. The van der Waals surface area contributed by atoms with Crippen LogP contribution in [0.4, 0.5) is 0 Å². The molecule has 1 aromatic rings. The minimum Gasteiger partial charge on any atom is -0.476 e. The number of ether oxygens (including phenoxy) is 1. The fourth-order valence-electron chi connectivity index (χ4n) is 2.14. The van der Waals surface area contributed by atoms with E-state index < -0.39 is 12.0 Å². The monoisotopic (exact) mass is 297 g/mol. The number of hydrogen-bond donors (Lipinski definition) is 2. The van der Waals surface area contributed by atoms with Crippen LogP contribution >= 0.6 is 0 Å². The van der Waals surface area contributed by atoms with Crippen molar-refractivity contribution in [1.82, 2.24) is 15.4 Å². The van der Waals surface area contributed by atoms with E-state index in [1.807, 2.05) is 18.7 Å². The number of rotatable bonds is 5. The van der Waals surface area contributed by atoms with Crippen LogP contribution in [0.3, 0.4) is 0 Å². The Labute approximate surface area is 122 Å². The highest BCUT2D eigenvalue weighted by Gasteiger charge is 2.30. The minimum atomic E-state index is -1.14. The van der Waals surface area contributed by atoms with Crippen LogP contribution in [0.1, 0.15) is 30.1 Å². The van der Waals surface area contributed by atoms with Gasteiger partial charge in [-0.3, -0.25) is 9.69 Å². The van der Waals surface area contributed by atoms with Gasteiger partial charge in [0, 0.05) is 18.7 Å². The summed E-state index contributed by atoms with van der Waals surface area (Å²) in [5.41, 5.74) is -0.138. The molecule has 1 amide bonds. The van der Waals surface area contributed by atoms with Crippen molar-refractivity contribution in [3.05, 3.63) is 17.5 Å². The average molecular weight is 297 g/mol. The van der Waals surface area contributed by atoms with Gasteiger partial charge in [0.25, 0.3) is 0 Å². The van der Waals surface area contributed by atoms with Gasteiger partial charge in [0.1, 0.15) is 6.04 Å². The number of nitrogens with one attached hydrogen (secondary N) is 1. The van der Waals surface area contributed by atoms with E-state index in [1.165, 1.54) is 6.07 Å². The van der Waals surface area contributed by atoms with Gasteiger partial charge < -0.3 is 19.7 Å². The lowest BCUT2D eigenvalue weighted by Gasteiger charge is -2.34. The number of carbonyl (C=O) groups is 2. The van der Waals surface area contributed by atoms with Crippen LogP contribution in [0.25, 0.3) is 0 Å². The Kier molecular flexibility index (Phi) is 4.92.